The van der Waals surface area contributed by atoms with Crippen LogP contribution in [0, 0.1) is 35.5 Å². The summed E-state index contributed by atoms with van der Waals surface area (Å²) in [6, 6.07) is 16.2. The van der Waals surface area contributed by atoms with Crippen LogP contribution in [0.4, 0.5) is 5.69 Å². The predicted molar refractivity (Wildman–Crippen MR) is 118 cm³/mol. The van der Waals surface area contributed by atoms with Crippen LogP contribution in [0.2, 0.25) is 0 Å². The van der Waals surface area contributed by atoms with Crippen molar-refractivity contribution in [3.63, 3.8) is 0 Å². The Kier molecular flexibility index (Phi) is 4.25. The SMILES string of the molecule is COc1ccccc1C(=O)N(CN1C(=O)C2C3C=CC(C4CC34)C2C1=O)c1ccccc1. The first-order chi connectivity index (χ1) is 15.6. The van der Waals surface area contributed by atoms with Crippen LogP contribution in [0.25, 0.3) is 0 Å². The molecule has 6 atom stereocenters. The lowest BCUT2D eigenvalue weighted by molar-refractivity contribution is -0.140. The molecule has 3 fully saturated rings. The molecule has 32 heavy (non-hydrogen) atoms. The number of hydrogen-bond donors (Lipinski definition) is 0. The minimum atomic E-state index is -0.312. The number of amides is 3. The van der Waals surface area contributed by atoms with Gasteiger partial charge in [-0.15, -0.1) is 0 Å². The maximum atomic E-state index is 13.6. The molecule has 2 aromatic rings. The van der Waals surface area contributed by atoms with Crippen molar-refractivity contribution < 1.29 is 19.1 Å². The normalized spacial score (nSPS) is 31.3. The van der Waals surface area contributed by atoms with Gasteiger partial charge in [0.1, 0.15) is 12.4 Å². The third kappa shape index (κ3) is 2.68. The summed E-state index contributed by atoms with van der Waals surface area (Å²) >= 11 is 0. The van der Waals surface area contributed by atoms with Gasteiger partial charge in [0, 0.05) is 5.69 Å². The molecule has 1 saturated heterocycles. The van der Waals surface area contributed by atoms with Crippen molar-refractivity contribution in [2.75, 3.05) is 18.7 Å². The molecule has 0 radical (unpaired) electrons. The van der Waals surface area contributed by atoms with E-state index in [9.17, 15) is 14.4 Å². The zero-order chi connectivity index (χ0) is 22.0. The van der Waals surface area contributed by atoms with Gasteiger partial charge in [-0.25, -0.2) is 0 Å². The smallest absolute Gasteiger partial charge is 0.263 e. The fourth-order valence-electron chi connectivity index (χ4n) is 6.14. The van der Waals surface area contributed by atoms with E-state index in [2.05, 4.69) is 12.2 Å². The number of benzene rings is 2. The topological polar surface area (TPSA) is 66.9 Å². The fraction of sp³-hybridized carbons (Fsp3) is 0.346. The number of likely N-dealkylation sites (tertiary alicyclic amines) is 1. The van der Waals surface area contributed by atoms with Crippen molar-refractivity contribution in [2.45, 2.75) is 6.42 Å². The minimum absolute atomic E-state index is 0.0969. The van der Waals surface area contributed by atoms with Crippen LogP contribution in [0.15, 0.2) is 66.7 Å². The summed E-state index contributed by atoms with van der Waals surface area (Å²) in [5, 5.41) is 0. The molecule has 7 rings (SSSR count). The molecule has 1 aliphatic heterocycles. The van der Waals surface area contributed by atoms with Gasteiger partial charge >= 0.3 is 0 Å². The van der Waals surface area contributed by atoms with E-state index < -0.39 is 0 Å². The van der Waals surface area contributed by atoms with Gasteiger partial charge in [-0.05, 0) is 54.4 Å². The average molecular weight is 428 g/mol. The van der Waals surface area contributed by atoms with Gasteiger partial charge in [-0.3, -0.25) is 24.2 Å². The Bertz CT molecular complexity index is 1110. The Morgan fingerprint density at radius 1 is 0.938 bits per heavy atom. The standard InChI is InChI=1S/C26H24N2O4/c1-32-21-10-6-5-9-18(21)24(29)27(15-7-3-2-4-8-15)14-28-25(30)22-16-11-12-17(20-13-19(16)20)23(22)26(28)31/h2-12,16-17,19-20,22-23H,13-14H2,1H3. The number of anilines is 1. The summed E-state index contributed by atoms with van der Waals surface area (Å²) in [5.74, 6) is 0.712. The Hall–Kier alpha value is -3.41. The van der Waals surface area contributed by atoms with Crippen LogP contribution in [0.3, 0.4) is 0 Å². The van der Waals surface area contributed by atoms with E-state index in [1.54, 1.807) is 24.3 Å². The first-order valence-electron chi connectivity index (χ1n) is 11.1. The molecule has 0 spiro atoms. The van der Waals surface area contributed by atoms with Gasteiger partial charge < -0.3 is 4.74 Å². The van der Waals surface area contributed by atoms with E-state index in [4.69, 9.17) is 4.74 Å². The number of carbonyl (C=O) groups excluding carboxylic acids is 3. The number of ether oxygens (including phenoxy) is 1. The third-order valence-corrected chi connectivity index (χ3v) is 7.69. The molecule has 6 unspecified atom stereocenters. The largest absolute Gasteiger partial charge is 0.496 e. The number of imide groups is 1. The molecular weight excluding hydrogens is 404 g/mol. The minimum Gasteiger partial charge on any atom is -0.496 e. The van der Waals surface area contributed by atoms with Crippen LogP contribution in [0.1, 0.15) is 16.8 Å². The van der Waals surface area contributed by atoms with Crippen molar-refractivity contribution in [2.24, 2.45) is 35.5 Å². The second-order valence-electron chi connectivity index (χ2n) is 9.17. The van der Waals surface area contributed by atoms with Gasteiger partial charge in [0.05, 0.1) is 24.5 Å². The monoisotopic (exact) mass is 428 g/mol. The number of hydrogen-bond acceptors (Lipinski definition) is 4. The van der Waals surface area contributed by atoms with E-state index in [0.29, 0.717) is 28.8 Å². The molecule has 6 nitrogen and oxygen atoms in total. The fourth-order valence-corrected chi connectivity index (χ4v) is 6.14. The Morgan fingerprint density at radius 3 is 2.16 bits per heavy atom. The Balaban J connectivity index is 1.35. The number of allylic oxidation sites excluding steroid dienone is 2. The van der Waals surface area contributed by atoms with Gasteiger partial charge in [0.2, 0.25) is 11.8 Å². The van der Waals surface area contributed by atoms with Crippen LogP contribution in [-0.2, 0) is 9.59 Å². The highest BCUT2D eigenvalue weighted by molar-refractivity contribution is 6.10. The zero-order valence-electron chi connectivity index (χ0n) is 17.8. The molecule has 3 amide bonds. The van der Waals surface area contributed by atoms with Crippen molar-refractivity contribution in [3.8, 4) is 5.75 Å². The molecular formula is C26H24N2O4. The van der Waals surface area contributed by atoms with Crippen LogP contribution < -0.4 is 9.64 Å². The van der Waals surface area contributed by atoms with Crippen molar-refractivity contribution >= 4 is 23.4 Å². The highest BCUT2D eigenvalue weighted by Crippen LogP contribution is 2.65. The summed E-state index contributed by atoms with van der Waals surface area (Å²) in [5.41, 5.74) is 1.01. The maximum Gasteiger partial charge on any atom is 0.263 e. The van der Waals surface area contributed by atoms with Gasteiger partial charge in [0.15, 0.2) is 0 Å². The van der Waals surface area contributed by atoms with Gasteiger partial charge in [-0.2, -0.15) is 0 Å². The molecule has 4 aliphatic carbocycles. The second kappa shape index (κ2) is 7.05. The molecule has 1 heterocycles. The van der Waals surface area contributed by atoms with Crippen LogP contribution in [0.5, 0.6) is 5.75 Å². The Morgan fingerprint density at radius 2 is 1.53 bits per heavy atom. The van der Waals surface area contributed by atoms with E-state index >= 15 is 0 Å². The third-order valence-electron chi connectivity index (χ3n) is 7.69. The van der Waals surface area contributed by atoms with E-state index in [-0.39, 0.29) is 48.1 Å². The van der Waals surface area contributed by atoms with Crippen molar-refractivity contribution in [1.29, 1.82) is 0 Å². The number of carbonyl (C=O) groups is 3. The van der Waals surface area contributed by atoms with Crippen LogP contribution >= 0.6 is 0 Å². The molecule has 0 N–H and O–H groups in total. The maximum absolute atomic E-state index is 13.6. The quantitative estimate of drug-likeness (QED) is 0.541. The van der Waals surface area contributed by atoms with E-state index in [1.807, 2.05) is 30.3 Å². The van der Waals surface area contributed by atoms with Gasteiger partial charge in [-0.1, -0.05) is 42.5 Å². The lowest BCUT2D eigenvalue weighted by Gasteiger charge is -2.37. The molecule has 6 heteroatoms. The van der Waals surface area contributed by atoms with E-state index in [1.165, 1.54) is 16.9 Å². The number of para-hydroxylation sites is 2. The van der Waals surface area contributed by atoms with Crippen molar-refractivity contribution in [1.82, 2.24) is 4.90 Å². The summed E-state index contributed by atoms with van der Waals surface area (Å²) in [7, 11) is 1.52. The van der Waals surface area contributed by atoms with Crippen molar-refractivity contribution in [3.05, 3.63) is 72.3 Å². The highest BCUT2D eigenvalue weighted by atomic mass is 16.5. The van der Waals surface area contributed by atoms with Gasteiger partial charge in [0.25, 0.3) is 5.91 Å². The summed E-state index contributed by atoms with van der Waals surface area (Å²) in [6.07, 6.45) is 5.44. The molecule has 2 aromatic carbocycles. The zero-order valence-corrected chi connectivity index (χ0v) is 17.8. The number of methoxy groups -OCH3 is 1. The molecule has 2 saturated carbocycles. The molecule has 0 aromatic heterocycles. The predicted octanol–water partition coefficient (Wildman–Crippen LogP) is 3.35. The lowest BCUT2D eigenvalue weighted by Crippen LogP contribution is -2.45. The summed E-state index contributed by atoms with van der Waals surface area (Å²) in [4.78, 5) is 43.4. The molecule has 162 valence electrons. The summed E-state index contributed by atoms with van der Waals surface area (Å²) in [6.45, 7) is -0.0969. The number of nitrogens with zero attached hydrogens (tertiary/aromatic N) is 2. The first-order valence-corrected chi connectivity index (χ1v) is 11.1. The number of rotatable bonds is 5. The molecule has 5 aliphatic rings. The van der Waals surface area contributed by atoms with Crippen LogP contribution in [-0.4, -0.2) is 36.4 Å². The highest BCUT2D eigenvalue weighted by Gasteiger charge is 2.67. The first kappa shape index (κ1) is 19.3. The van der Waals surface area contributed by atoms with E-state index in [0.717, 1.165) is 6.42 Å². The Labute approximate surface area is 186 Å². The second-order valence-corrected chi connectivity index (χ2v) is 9.17. The lowest BCUT2D eigenvalue weighted by atomic mass is 9.63. The summed E-state index contributed by atoms with van der Waals surface area (Å²) < 4.78 is 5.39. The average Bonchev–Trinajstić information content (AvgIpc) is 3.62. The molecule has 2 bridgehead atoms.